The van der Waals surface area contributed by atoms with Crippen molar-refractivity contribution in [1.29, 1.82) is 0 Å². The Kier molecular flexibility index (Phi) is 7.31. The Hall–Kier alpha value is -4.09. The monoisotopic (exact) mass is 544 g/mol. The molecule has 2 aliphatic rings. The molecular formula is C29H33FN8O2. The number of unbranched alkanes of at least 4 members (excludes halogenated alkanes) is 1. The van der Waals surface area contributed by atoms with E-state index in [9.17, 15) is 14.0 Å². The number of piperidine rings is 1. The van der Waals surface area contributed by atoms with Gasteiger partial charge in [-0.05, 0) is 62.1 Å². The first-order valence-electron chi connectivity index (χ1n) is 13.9. The molecular weight excluding hydrogens is 511 g/mol. The van der Waals surface area contributed by atoms with E-state index in [2.05, 4.69) is 25.9 Å². The van der Waals surface area contributed by atoms with Gasteiger partial charge in [0.15, 0.2) is 0 Å². The molecule has 40 heavy (non-hydrogen) atoms. The molecule has 4 aromatic rings. The van der Waals surface area contributed by atoms with Gasteiger partial charge < -0.3 is 15.2 Å². The topological polar surface area (TPSA) is 114 Å². The fourth-order valence-corrected chi connectivity index (χ4v) is 5.72. The van der Waals surface area contributed by atoms with Gasteiger partial charge in [0.2, 0.25) is 11.9 Å². The molecule has 4 heterocycles. The van der Waals surface area contributed by atoms with Crippen molar-refractivity contribution in [3.63, 3.8) is 0 Å². The Labute approximate surface area is 231 Å². The number of carbonyl (C=O) groups excluding carboxylic acids is 1. The second-order valence-electron chi connectivity index (χ2n) is 10.4. The number of nitrogens with two attached hydrogens (primary N) is 1. The molecule has 2 aliphatic heterocycles. The molecule has 0 radical (unpaired) electrons. The van der Waals surface area contributed by atoms with Gasteiger partial charge in [0.1, 0.15) is 11.9 Å². The lowest BCUT2D eigenvalue weighted by Crippen LogP contribution is -2.63. The zero-order chi connectivity index (χ0) is 27.6. The molecule has 0 bridgehead atoms. The van der Waals surface area contributed by atoms with E-state index in [1.165, 1.54) is 29.0 Å². The second kappa shape index (κ2) is 11.2. The van der Waals surface area contributed by atoms with Crippen molar-refractivity contribution in [1.82, 2.24) is 24.5 Å². The average Bonchev–Trinajstić information content (AvgIpc) is 3.34. The van der Waals surface area contributed by atoms with Crippen molar-refractivity contribution < 1.29 is 9.18 Å². The highest BCUT2D eigenvalue weighted by atomic mass is 19.1. The normalized spacial score (nSPS) is 17.9. The van der Waals surface area contributed by atoms with Gasteiger partial charge >= 0.3 is 0 Å². The molecule has 10 nitrogen and oxygen atoms in total. The highest BCUT2D eigenvalue weighted by Crippen LogP contribution is 2.29. The molecule has 0 saturated carbocycles. The molecule has 1 saturated heterocycles. The number of fused-ring (bicyclic) bond motifs is 2. The summed E-state index contributed by atoms with van der Waals surface area (Å²) in [6.45, 7) is 2.61. The van der Waals surface area contributed by atoms with Crippen LogP contribution in [0.2, 0.25) is 0 Å². The van der Waals surface area contributed by atoms with Crippen LogP contribution in [0.3, 0.4) is 0 Å². The maximum Gasteiger partial charge on any atom is 0.261 e. The fourth-order valence-electron chi connectivity index (χ4n) is 5.72. The largest absolute Gasteiger partial charge is 0.342 e. The van der Waals surface area contributed by atoms with Crippen LogP contribution >= 0.6 is 0 Å². The maximum absolute atomic E-state index is 13.5. The zero-order valence-electron chi connectivity index (χ0n) is 22.2. The standard InChI is InChI=1S/C29H33FN8O2/c30-21-10-8-20(9-11-21)19-36-25-7-2-1-5-23(25)33-29(36)35-17-13-22(14-18-35)38-28-32-16-12-26(39)37(28)27(40)24(34-38)6-3-4-15-31/h1-2,5,7-12,16,22,24,34H,3-4,6,13-15,17-19,31H2. The molecule has 6 rings (SSSR count). The summed E-state index contributed by atoms with van der Waals surface area (Å²) in [5.74, 6) is 0.692. The third-order valence-electron chi connectivity index (χ3n) is 7.80. The van der Waals surface area contributed by atoms with E-state index in [4.69, 9.17) is 10.7 Å². The van der Waals surface area contributed by atoms with E-state index in [-0.39, 0.29) is 23.3 Å². The van der Waals surface area contributed by atoms with Gasteiger partial charge in [-0.1, -0.05) is 30.7 Å². The van der Waals surface area contributed by atoms with E-state index in [0.717, 1.165) is 61.3 Å². The molecule has 1 atom stereocenters. The van der Waals surface area contributed by atoms with E-state index >= 15 is 0 Å². The second-order valence-corrected chi connectivity index (χ2v) is 10.4. The van der Waals surface area contributed by atoms with Gasteiger partial charge in [0.25, 0.3) is 11.5 Å². The Morgan fingerprint density at radius 2 is 1.75 bits per heavy atom. The molecule has 2 aromatic carbocycles. The minimum Gasteiger partial charge on any atom is -0.342 e. The number of nitrogens with one attached hydrogen (secondary N) is 1. The van der Waals surface area contributed by atoms with Gasteiger partial charge in [-0.25, -0.2) is 24.4 Å². The molecule has 0 amide bonds. The summed E-state index contributed by atoms with van der Waals surface area (Å²) in [7, 11) is 0. The van der Waals surface area contributed by atoms with Gasteiger partial charge in [-0.15, -0.1) is 0 Å². The smallest absolute Gasteiger partial charge is 0.261 e. The number of para-hydroxylation sites is 2. The molecule has 3 N–H and O–H groups in total. The summed E-state index contributed by atoms with van der Waals surface area (Å²) in [5, 5.41) is 1.93. The lowest BCUT2D eigenvalue weighted by molar-refractivity contribution is 0.0818. The fraction of sp³-hybridized carbons (Fsp3) is 0.379. The van der Waals surface area contributed by atoms with Crippen molar-refractivity contribution in [3.05, 3.63) is 82.5 Å². The number of nitrogens with zero attached hydrogens (tertiary/aromatic N) is 6. The van der Waals surface area contributed by atoms with Crippen LogP contribution < -0.4 is 26.6 Å². The average molecular weight is 545 g/mol. The molecule has 2 aromatic heterocycles. The van der Waals surface area contributed by atoms with E-state index in [1.807, 2.05) is 23.2 Å². The first-order chi connectivity index (χ1) is 19.5. The summed E-state index contributed by atoms with van der Waals surface area (Å²) < 4.78 is 16.9. The van der Waals surface area contributed by atoms with Crippen molar-refractivity contribution >= 4 is 28.8 Å². The number of hydrazine groups is 1. The van der Waals surface area contributed by atoms with Crippen LogP contribution in [-0.4, -0.2) is 56.7 Å². The van der Waals surface area contributed by atoms with Gasteiger partial charge in [-0.2, -0.15) is 0 Å². The van der Waals surface area contributed by atoms with Gasteiger partial charge in [0.05, 0.1) is 23.6 Å². The first kappa shape index (κ1) is 26.1. The molecule has 1 fully saturated rings. The number of benzene rings is 2. The minimum atomic E-state index is -0.501. The summed E-state index contributed by atoms with van der Waals surface area (Å²) in [5.41, 5.74) is 11.6. The summed E-state index contributed by atoms with van der Waals surface area (Å²) in [4.78, 5) is 37.5. The molecule has 0 spiro atoms. The van der Waals surface area contributed by atoms with Crippen LogP contribution in [-0.2, 0) is 6.54 Å². The van der Waals surface area contributed by atoms with Crippen LogP contribution in [0.1, 0.15) is 42.5 Å². The number of halogens is 1. The number of hydrogen-bond acceptors (Lipinski definition) is 8. The van der Waals surface area contributed by atoms with E-state index < -0.39 is 6.04 Å². The lowest BCUT2D eigenvalue weighted by atomic mass is 10.0. The van der Waals surface area contributed by atoms with Crippen LogP contribution in [0, 0.1) is 5.82 Å². The quantitative estimate of drug-likeness (QED) is 0.326. The van der Waals surface area contributed by atoms with Crippen LogP contribution in [0.15, 0.2) is 65.6 Å². The number of hydrogen-bond donors (Lipinski definition) is 2. The predicted octanol–water partition coefficient (Wildman–Crippen LogP) is 2.91. The van der Waals surface area contributed by atoms with Gasteiger partial charge in [0, 0.05) is 25.4 Å². The van der Waals surface area contributed by atoms with Crippen LogP contribution in [0.4, 0.5) is 16.3 Å². The van der Waals surface area contributed by atoms with E-state index in [1.54, 1.807) is 12.1 Å². The number of anilines is 2. The number of carbonyl (C=O) groups is 1. The summed E-state index contributed by atoms with van der Waals surface area (Å²) >= 11 is 0. The van der Waals surface area contributed by atoms with Crippen molar-refractivity contribution in [2.75, 3.05) is 29.5 Å². The number of aromatic nitrogens is 4. The maximum atomic E-state index is 13.5. The third-order valence-corrected chi connectivity index (χ3v) is 7.80. The Morgan fingerprint density at radius 1 is 0.975 bits per heavy atom. The zero-order valence-corrected chi connectivity index (χ0v) is 22.2. The minimum absolute atomic E-state index is 0.0387. The first-order valence-corrected chi connectivity index (χ1v) is 13.9. The van der Waals surface area contributed by atoms with Crippen molar-refractivity contribution in [3.8, 4) is 0 Å². The summed E-state index contributed by atoms with van der Waals surface area (Å²) in [6, 6.07) is 15.5. The van der Waals surface area contributed by atoms with Gasteiger partial charge in [-0.3, -0.25) is 14.6 Å². The highest BCUT2D eigenvalue weighted by molar-refractivity contribution is 5.88. The van der Waals surface area contributed by atoms with Crippen LogP contribution in [0.5, 0.6) is 0 Å². The molecule has 1 unspecified atom stereocenters. The SMILES string of the molecule is NCCCCC1NN(C2CCN(c3nc4ccccc4n3Cc3ccc(F)cc3)CC2)c2nccc(=O)n2C1=O. The number of rotatable bonds is 8. The predicted molar refractivity (Wildman–Crippen MR) is 152 cm³/mol. The Balaban J connectivity index is 1.24. The molecule has 11 heteroatoms. The lowest BCUT2D eigenvalue weighted by Gasteiger charge is -2.43. The highest BCUT2D eigenvalue weighted by Gasteiger charge is 2.37. The van der Waals surface area contributed by atoms with Crippen molar-refractivity contribution in [2.24, 2.45) is 5.73 Å². The Bertz CT molecular complexity index is 1560. The molecule has 0 aliphatic carbocycles. The summed E-state index contributed by atoms with van der Waals surface area (Å²) in [6.07, 6.45) is 5.22. The van der Waals surface area contributed by atoms with Crippen LogP contribution in [0.25, 0.3) is 11.0 Å². The molecule has 208 valence electrons. The Morgan fingerprint density at radius 3 is 2.52 bits per heavy atom. The third kappa shape index (κ3) is 4.98. The van der Waals surface area contributed by atoms with E-state index in [0.29, 0.717) is 25.5 Å². The van der Waals surface area contributed by atoms with Crippen molar-refractivity contribution in [2.45, 2.75) is 50.7 Å². The number of imidazole rings is 1.